The molecular weight excluding hydrogens is 204 g/mol. The number of likely N-dealkylation sites (tertiary alicyclic amines) is 1. The van der Waals surface area contributed by atoms with E-state index >= 15 is 0 Å². The summed E-state index contributed by atoms with van der Waals surface area (Å²) in [4.78, 5) is 13.7. The number of nitrogens with zero attached hydrogens (tertiary/aromatic N) is 3. The van der Waals surface area contributed by atoms with Crippen LogP contribution >= 0.6 is 0 Å². The van der Waals surface area contributed by atoms with E-state index in [-0.39, 0.29) is 11.9 Å². The average Bonchev–Trinajstić information content (AvgIpc) is 2.66. The maximum atomic E-state index is 11.6. The molecule has 1 aromatic rings. The number of primary amides is 1. The Morgan fingerprint density at radius 3 is 2.62 bits per heavy atom. The maximum absolute atomic E-state index is 11.6. The third-order valence-corrected chi connectivity index (χ3v) is 3.07. The van der Waals surface area contributed by atoms with E-state index in [0.717, 1.165) is 31.5 Å². The average molecular weight is 222 g/mol. The van der Waals surface area contributed by atoms with E-state index in [9.17, 15) is 4.79 Å². The number of hydrogen-bond acceptors (Lipinski definition) is 3. The summed E-state index contributed by atoms with van der Waals surface area (Å²) in [6, 6.07) is -0.311. The molecule has 16 heavy (non-hydrogen) atoms. The van der Waals surface area contributed by atoms with Crippen molar-refractivity contribution >= 4 is 5.91 Å². The highest BCUT2D eigenvalue weighted by Crippen LogP contribution is 2.23. The Hall–Kier alpha value is -1.36. The van der Waals surface area contributed by atoms with Gasteiger partial charge in [-0.3, -0.25) is 14.4 Å². The first-order chi connectivity index (χ1) is 7.68. The van der Waals surface area contributed by atoms with E-state index in [1.807, 2.05) is 13.2 Å². The van der Waals surface area contributed by atoms with Gasteiger partial charge in [0.15, 0.2) is 0 Å². The van der Waals surface area contributed by atoms with Crippen molar-refractivity contribution in [2.45, 2.75) is 25.3 Å². The van der Waals surface area contributed by atoms with Gasteiger partial charge in [-0.1, -0.05) is 6.42 Å². The molecule has 1 unspecified atom stereocenters. The molecule has 1 aliphatic heterocycles. The molecule has 1 fully saturated rings. The number of amides is 1. The fourth-order valence-corrected chi connectivity index (χ4v) is 2.31. The van der Waals surface area contributed by atoms with Crippen LogP contribution in [0.2, 0.25) is 0 Å². The zero-order chi connectivity index (χ0) is 11.5. The number of carbonyl (C=O) groups is 1. The molecule has 2 rings (SSSR count). The molecule has 0 aromatic carbocycles. The first-order valence-electron chi connectivity index (χ1n) is 5.70. The van der Waals surface area contributed by atoms with E-state index in [4.69, 9.17) is 5.73 Å². The standard InChI is InChI=1S/C11H18N4O/c1-14-8-9(7-13-14)10(11(12)16)15-5-3-2-4-6-15/h7-8,10H,2-6H2,1H3,(H2,12,16). The van der Waals surface area contributed by atoms with Gasteiger partial charge in [0.1, 0.15) is 6.04 Å². The van der Waals surface area contributed by atoms with Crippen LogP contribution in [-0.2, 0) is 11.8 Å². The van der Waals surface area contributed by atoms with Crippen LogP contribution in [0.15, 0.2) is 12.4 Å². The van der Waals surface area contributed by atoms with Crippen LogP contribution in [0.5, 0.6) is 0 Å². The molecule has 5 nitrogen and oxygen atoms in total. The van der Waals surface area contributed by atoms with Gasteiger partial charge in [-0.05, 0) is 25.9 Å². The summed E-state index contributed by atoms with van der Waals surface area (Å²) in [5.74, 6) is -0.282. The fraction of sp³-hybridized carbons (Fsp3) is 0.636. The van der Waals surface area contributed by atoms with Crippen molar-refractivity contribution in [2.75, 3.05) is 13.1 Å². The molecule has 2 N–H and O–H groups in total. The summed E-state index contributed by atoms with van der Waals surface area (Å²) < 4.78 is 1.70. The molecule has 1 amide bonds. The van der Waals surface area contributed by atoms with Crippen molar-refractivity contribution in [1.29, 1.82) is 0 Å². The Labute approximate surface area is 95.2 Å². The number of hydrogen-bond donors (Lipinski definition) is 1. The van der Waals surface area contributed by atoms with Gasteiger partial charge in [0.05, 0.1) is 6.20 Å². The second-order valence-corrected chi connectivity index (χ2v) is 4.35. The number of rotatable bonds is 3. The first-order valence-corrected chi connectivity index (χ1v) is 5.70. The monoisotopic (exact) mass is 222 g/mol. The highest BCUT2D eigenvalue weighted by molar-refractivity contribution is 5.81. The van der Waals surface area contributed by atoms with Crippen molar-refractivity contribution in [3.05, 3.63) is 18.0 Å². The predicted molar refractivity (Wildman–Crippen MR) is 60.6 cm³/mol. The highest BCUT2D eigenvalue weighted by Gasteiger charge is 2.27. The number of aromatic nitrogens is 2. The Kier molecular flexibility index (Phi) is 3.24. The maximum Gasteiger partial charge on any atom is 0.239 e. The molecule has 1 atom stereocenters. The highest BCUT2D eigenvalue weighted by atomic mass is 16.1. The Morgan fingerprint density at radius 1 is 1.44 bits per heavy atom. The van der Waals surface area contributed by atoms with Crippen molar-refractivity contribution in [1.82, 2.24) is 14.7 Å². The van der Waals surface area contributed by atoms with Crippen molar-refractivity contribution < 1.29 is 4.79 Å². The van der Waals surface area contributed by atoms with Gasteiger partial charge in [0.2, 0.25) is 5.91 Å². The van der Waals surface area contributed by atoms with E-state index in [1.54, 1.807) is 10.9 Å². The van der Waals surface area contributed by atoms with Crippen LogP contribution in [0.1, 0.15) is 30.9 Å². The topological polar surface area (TPSA) is 64.2 Å². The van der Waals surface area contributed by atoms with Crippen LogP contribution in [0.4, 0.5) is 0 Å². The lowest BCUT2D eigenvalue weighted by molar-refractivity contribution is -0.123. The van der Waals surface area contributed by atoms with E-state index < -0.39 is 0 Å². The van der Waals surface area contributed by atoms with Crippen molar-refractivity contribution in [3.8, 4) is 0 Å². The van der Waals surface area contributed by atoms with Gasteiger partial charge in [-0.15, -0.1) is 0 Å². The van der Waals surface area contributed by atoms with E-state index in [1.165, 1.54) is 6.42 Å². The number of nitrogens with two attached hydrogens (primary N) is 1. The van der Waals surface area contributed by atoms with Crippen LogP contribution < -0.4 is 5.73 Å². The molecule has 1 saturated heterocycles. The molecule has 1 aromatic heterocycles. The van der Waals surface area contributed by atoms with Crippen LogP contribution in [0.25, 0.3) is 0 Å². The minimum Gasteiger partial charge on any atom is -0.368 e. The van der Waals surface area contributed by atoms with Gasteiger partial charge in [-0.25, -0.2) is 0 Å². The van der Waals surface area contributed by atoms with Gasteiger partial charge in [0.25, 0.3) is 0 Å². The first kappa shape index (κ1) is 11.1. The van der Waals surface area contributed by atoms with Crippen molar-refractivity contribution in [3.63, 3.8) is 0 Å². The summed E-state index contributed by atoms with van der Waals surface area (Å²) >= 11 is 0. The Morgan fingerprint density at radius 2 is 2.12 bits per heavy atom. The van der Waals surface area contributed by atoms with Crippen LogP contribution in [0, 0.1) is 0 Å². The lowest BCUT2D eigenvalue weighted by atomic mass is 10.0. The predicted octanol–water partition coefficient (Wildman–Crippen LogP) is 0.432. The van der Waals surface area contributed by atoms with Crippen molar-refractivity contribution in [2.24, 2.45) is 12.8 Å². The third-order valence-electron chi connectivity index (χ3n) is 3.07. The number of carbonyl (C=O) groups excluding carboxylic acids is 1. The molecule has 0 aliphatic carbocycles. The van der Waals surface area contributed by atoms with Gasteiger partial charge in [0, 0.05) is 18.8 Å². The van der Waals surface area contributed by atoms with Crippen LogP contribution in [-0.4, -0.2) is 33.7 Å². The molecular formula is C11H18N4O. The lowest BCUT2D eigenvalue weighted by Crippen LogP contribution is -2.40. The second kappa shape index (κ2) is 4.65. The molecule has 0 saturated carbocycles. The van der Waals surface area contributed by atoms with E-state index in [0.29, 0.717) is 0 Å². The molecule has 0 radical (unpaired) electrons. The Balaban J connectivity index is 2.19. The zero-order valence-corrected chi connectivity index (χ0v) is 9.59. The largest absolute Gasteiger partial charge is 0.368 e. The summed E-state index contributed by atoms with van der Waals surface area (Å²) in [6.07, 6.45) is 7.12. The zero-order valence-electron chi connectivity index (χ0n) is 9.59. The molecule has 5 heteroatoms. The summed E-state index contributed by atoms with van der Waals surface area (Å²) in [5.41, 5.74) is 6.39. The summed E-state index contributed by atoms with van der Waals surface area (Å²) in [6.45, 7) is 1.89. The van der Waals surface area contributed by atoms with Gasteiger partial charge < -0.3 is 5.73 Å². The number of aryl methyl sites for hydroxylation is 1. The molecule has 0 spiro atoms. The van der Waals surface area contributed by atoms with Crippen LogP contribution in [0.3, 0.4) is 0 Å². The summed E-state index contributed by atoms with van der Waals surface area (Å²) in [7, 11) is 1.84. The van der Waals surface area contributed by atoms with Gasteiger partial charge in [-0.2, -0.15) is 5.10 Å². The van der Waals surface area contributed by atoms with Gasteiger partial charge >= 0.3 is 0 Å². The number of piperidine rings is 1. The SMILES string of the molecule is Cn1cc(C(C(N)=O)N2CCCCC2)cn1. The molecule has 1 aliphatic rings. The Bertz CT molecular complexity index is 368. The second-order valence-electron chi connectivity index (χ2n) is 4.35. The smallest absolute Gasteiger partial charge is 0.239 e. The quantitative estimate of drug-likeness (QED) is 0.806. The molecule has 0 bridgehead atoms. The molecule has 88 valence electrons. The lowest BCUT2D eigenvalue weighted by Gasteiger charge is -2.31. The minimum atomic E-state index is -0.311. The third kappa shape index (κ3) is 2.24. The summed E-state index contributed by atoms with van der Waals surface area (Å²) in [5, 5.41) is 4.10. The van der Waals surface area contributed by atoms with E-state index in [2.05, 4.69) is 10.00 Å². The minimum absolute atomic E-state index is 0.282. The fourth-order valence-electron chi connectivity index (χ4n) is 2.31. The molecule has 2 heterocycles. The normalized spacial score (nSPS) is 19.6.